The highest BCUT2D eigenvalue weighted by molar-refractivity contribution is 6.32. The molecule has 0 saturated heterocycles. The van der Waals surface area contributed by atoms with Crippen molar-refractivity contribution < 1.29 is 24.2 Å². The summed E-state index contributed by atoms with van der Waals surface area (Å²) >= 11 is 6.27. The second kappa shape index (κ2) is 9.61. The summed E-state index contributed by atoms with van der Waals surface area (Å²) in [5.74, 6) is -0.898. The Labute approximate surface area is 172 Å². The Morgan fingerprint density at radius 1 is 0.862 bits per heavy atom. The quantitative estimate of drug-likeness (QED) is 0.572. The minimum atomic E-state index is -1.11. The predicted octanol–water partition coefficient (Wildman–Crippen LogP) is 5.28. The number of ether oxygens (including phenoxy) is 2. The highest BCUT2D eigenvalue weighted by Gasteiger charge is 2.20. The summed E-state index contributed by atoms with van der Waals surface area (Å²) in [6.45, 7) is -0.614. The summed E-state index contributed by atoms with van der Waals surface area (Å²) in [5, 5.41) is 8.95. The monoisotopic (exact) mass is 411 g/mol. The van der Waals surface area contributed by atoms with Gasteiger partial charge in [0.05, 0.1) is 16.4 Å². The molecule has 0 bridgehead atoms. The van der Waals surface area contributed by atoms with Crippen LogP contribution in [-0.2, 0) is 16.1 Å². The number of carboxylic acid groups (broad SMARTS) is 1. The number of carboxylic acids is 1. The third-order valence-corrected chi connectivity index (χ3v) is 4.39. The number of rotatable bonds is 7. The van der Waals surface area contributed by atoms with Gasteiger partial charge < -0.3 is 14.6 Å². The highest BCUT2D eigenvalue weighted by Crippen LogP contribution is 2.30. The number of hydrogen-bond donors (Lipinski definition) is 1. The van der Waals surface area contributed by atoms with Crippen LogP contribution in [-0.4, -0.2) is 23.8 Å². The van der Waals surface area contributed by atoms with Crippen LogP contribution in [0.3, 0.4) is 0 Å². The normalized spacial score (nSPS) is 10.2. The third kappa shape index (κ3) is 5.27. The summed E-state index contributed by atoms with van der Waals surface area (Å²) < 4.78 is 10.6. The molecule has 7 heteroatoms. The molecule has 3 rings (SSSR count). The van der Waals surface area contributed by atoms with Gasteiger partial charge in [0, 0.05) is 5.56 Å². The molecule has 0 atom stereocenters. The van der Waals surface area contributed by atoms with Crippen molar-refractivity contribution in [2.24, 2.45) is 0 Å². The van der Waals surface area contributed by atoms with E-state index in [-0.39, 0.29) is 17.4 Å². The standard InChI is InChI=1S/C22H18ClNO5/c23-21-16(8-7-13-19(21)28-15-20(25)26)14-29-22(27)24(17-9-3-1-4-10-17)18-11-5-2-6-12-18/h1-13H,14-15H2,(H,25,26). The number of anilines is 2. The SMILES string of the molecule is O=C(O)COc1cccc(COC(=O)N(c2ccccc2)c2ccccc2)c1Cl. The van der Waals surface area contributed by atoms with Crippen LogP contribution in [0.1, 0.15) is 5.56 Å². The molecule has 0 radical (unpaired) electrons. The minimum Gasteiger partial charge on any atom is -0.480 e. The molecule has 3 aromatic carbocycles. The lowest BCUT2D eigenvalue weighted by Gasteiger charge is -2.22. The van der Waals surface area contributed by atoms with E-state index < -0.39 is 18.7 Å². The third-order valence-electron chi connectivity index (χ3n) is 3.96. The summed E-state index contributed by atoms with van der Waals surface area (Å²) in [6.07, 6.45) is -0.574. The van der Waals surface area contributed by atoms with Gasteiger partial charge in [0.25, 0.3) is 0 Å². The van der Waals surface area contributed by atoms with Crippen LogP contribution >= 0.6 is 11.6 Å². The van der Waals surface area contributed by atoms with Crippen molar-refractivity contribution in [1.82, 2.24) is 0 Å². The average Bonchev–Trinajstić information content (AvgIpc) is 2.74. The maximum Gasteiger partial charge on any atom is 0.419 e. The Kier molecular flexibility index (Phi) is 6.71. The fourth-order valence-electron chi connectivity index (χ4n) is 2.64. The smallest absolute Gasteiger partial charge is 0.419 e. The molecule has 0 spiro atoms. The number of aliphatic carboxylic acids is 1. The van der Waals surface area contributed by atoms with Crippen molar-refractivity contribution in [3.05, 3.63) is 89.4 Å². The second-order valence-electron chi connectivity index (χ2n) is 5.97. The van der Waals surface area contributed by atoms with Crippen LogP contribution in [0.15, 0.2) is 78.9 Å². The number of halogens is 1. The van der Waals surface area contributed by atoms with Crippen molar-refractivity contribution in [3.63, 3.8) is 0 Å². The van der Waals surface area contributed by atoms with Crippen LogP contribution < -0.4 is 9.64 Å². The van der Waals surface area contributed by atoms with Gasteiger partial charge in [-0.1, -0.05) is 60.1 Å². The Bertz CT molecular complexity index is 940. The largest absolute Gasteiger partial charge is 0.480 e. The number of carbonyl (C=O) groups is 2. The molecule has 6 nitrogen and oxygen atoms in total. The Morgan fingerprint density at radius 3 is 2.00 bits per heavy atom. The average molecular weight is 412 g/mol. The molecule has 0 fully saturated rings. The summed E-state index contributed by atoms with van der Waals surface area (Å²) in [6, 6.07) is 23.2. The maximum atomic E-state index is 12.9. The van der Waals surface area contributed by atoms with E-state index in [0.29, 0.717) is 16.9 Å². The summed E-state index contributed by atoms with van der Waals surface area (Å²) in [4.78, 5) is 25.0. The molecule has 0 heterocycles. The summed E-state index contributed by atoms with van der Waals surface area (Å²) in [7, 11) is 0. The Balaban J connectivity index is 1.78. The topological polar surface area (TPSA) is 76.1 Å². The molecular formula is C22H18ClNO5. The van der Waals surface area contributed by atoms with Gasteiger partial charge in [0.1, 0.15) is 12.4 Å². The van der Waals surface area contributed by atoms with Gasteiger partial charge in [0.2, 0.25) is 0 Å². The maximum absolute atomic E-state index is 12.9. The molecule has 3 aromatic rings. The van der Waals surface area contributed by atoms with Crippen molar-refractivity contribution in [2.75, 3.05) is 11.5 Å². The lowest BCUT2D eigenvalue weighted by atomic mass is 10.2. The first-order valence-electron chi connectivity index (χ1n) is 8.75. The molecule has 0 unspecified atom stereocenters. The van der Waals surface area contributed by atoms with Gasteiger partial charge in [-0.15, -0.1) is 0 Å². The van der Waals surface area contributed by atoms with Gasteiger partial charge >= 0.3 is 12.1 Å². The number of amides is 1. The van der Waals surface area contributed by atoms with E-state index in [4.69, 9.17) is 26.2 Å². The molecule has 1 N–H and O–H groups in total. The number of benzene rings is 3. The van der Waals surface area contributed by atoms with Gasteiger partial charge in [0.15, 0.2) is 6.61 Å². The molecule has 148 valence electrons. The molecule has 0 saturated carbocycles. The molecule has 0 aromatic heterocycles. The van der Waals surface area contributed by atoms with Crippen LogP contribution in [0.2, 0.25) is 5.02 Å². The predicted molar refractivity (Wildman–Crippen MR) is 110 cm³/mol. The van der Waals surface area contributed by atoms with Gasteiger partial charge in [-0.3, -0.25) is 0 Å². The van der Waals surface area contributed by atoms with Crippen molar-refractivity contribution in [1.29, 1.82) is 0 Å². The lowest BCUT2D eigenvalue weighted by Crippen LogP contribution is -2.26. The van der Waals surface area contributed by atoms with Gasteiger partial charge in [-0.2, -0.15) is 0 Å². The first-order valence-corrected chi connectivity index (χ1v) is 9.13. The van der Waals surface area contributed by atoms with E-state index in [1.54, 1.807) is 18.2 Å². The van der Waals surface area contributed by atoms with E-state index in [9.17, 15) is 9.59 Å². The number of nitrogens with zero attached hydrogens (tertiary/aromatic N) is 1. The molecule has 1 amide bonds. The second-order valence-corrected chi connectivity index (χ2v) is 6.35. The molecule has 0 aliphatic rings. The molecule has 0 aliphatic heterocycles. The minimum absolute atomic E-state index is 0.0991. The van der Waals surface area contributed by atoms with Crippen molar-refractivity contribution in [3.8, 4) is 5.75 Å². The lowest BCUT2D eigenvalue weighted by molar-refractivity contribution is -0.139. The van der Waals surface area contributed by atoms with Crippen molar-refractivity contribution >= 4 is 35.0 Å². The fraction of sp³-hybridized carbons (Fsp3) is 0.0909. The zero-order valence-electron chi connectivity index (χ0n) is 15.3. The molecule has 0 aliphatic carbocycles. The zero-order valence-corrected chi connectivity index (χ0v) is 16.1. The van der Waals surface area contributed by atoms with Crippen LogP contribution in [0.4, 0.5) is 16.2 Å². The van der Waals surface area contributed by atoms with E-state index in [2.05, 4.69) is 0 Å². The number of hydrogen-bond acceptors (Lipinski definition) is 4. The molecule has 29 heavy (non-hydrogen) atoms. The van der Waals surface area contributed by atoms with Crippen LogP contribution in [0, 0.1) is 0 Å². The highest BCUT2D eigenvalue weighted by atomic mass is 35.5. The van der Waals surface area contributed by atoms with Gasteiger partial charge in [-0.05, 0) is 30.3 Å². The Morgan fingerprint density at radius 2 is 1.45 bits per heavy atom. The van der Waals surface area contributed by atoms with Crippen LogP contribution in [0.5, 0.6) is 5.75 Å². The van der Waals surface area contributed by atoms with E-state index in [1.807, 2.05) is 60.7 Å². The van der Waals surface area contributed by atoms with E-state index in [1.165, 1.54) is 4.90 Å². The Hall–Kier alpha value is -3.51. The number of carbonyl (C=O) groups excluding carboxylic acids is 1. The molecular weight excluding hydrogens is 394 g/mol. The summed E-state index contributed by atoms with van der Waals surface area (Å²) in [5.41, 5.74) is 1.82. The van der Waals surface area contributed by atoms with E-state index in [0.717, 1.165) is 0 Å². The number of para-hydroxylation sites is 2. The first-order chi connectivity index (χ1) is 14.1. The van der Waals surface area contributed by atoms with Gasteiger partial charge in [-0.25, -0.2) is 14.5 Å². The fourth-order valence-corrected chi connectivity index (χ4v) is 2.87. The zero-order chi connectivity index (χ0) is 20.6. The van der Waals surface area contributed by atoms with Crippen LogP contribution in [0.25, 0.3) is 0 Å². The van der Waals surface area contributed by atoms with Crippen molar-refractivity contribution in [2.45, 2.75) is 6.61 Å². The van der Waals surface area contributed by atoms with E-state index >= 15 is 0 Å². The first kappa shape index (κ1) is 20.2.